The third-order valence-corrected chi connectivity index (χ3v) is 8.05. The van der Waals surface area contributed by atoms with E-state index in [2.05, 4.69) is 4.90 Å². The molecule has 0 bridgehead atoms. The Balaban J connectivity index is 1.62. The van der Waals surface area contributed by atoms with Crippen molar-refractivity contribution < 1.29 is 20.1 Å². The number of carbonyl (C=O) groups is 1. The van der Waals surface area contributed by atoms with Gasteiger partial charge in [-0.05, 0) is 68.2 Å². The highest BCUT2D eigenvalue weighted by atomic mass is 16.4. The second-order valence-corrected chi connectivity index (χ2v) is 10.8. The van der Waals surface area contributed by atoms with E-state index in [0.717, 1.165) is 49.0 Å². The highest BCUT2D eigenvalue weighted by Gasteiger charge is 2.39. The minimum Gasteiger partial charge on any atom is -0.481 e. The number of carboxylic acid groups (broad SMARTS) is 1. The fraction of sp³-hybridized carbons (Fsp3) is 0.406. The van der Waals surface area contributed by atoms with Crippen LogP contribution >= 0.6 is 0 Å². The molecule has 0 amide bonds. The lowest BCUT2D eigenvalue weighted by Gasteiger charge is -2.43. The van der Waals surface area contributed by atoms with Crippen molar-refractivity contribution in [2.45, 2.75) is 69.1 Å². The molecule has 1 aliphatic heterocycles. The van der Waals surface area contributed by atoms with Gasteiger partial charge in [0, 0.05) is 13.1 Å². The number of nitrogens with zero attached hydrogens (tertiary/aromatic N) is 1. The smallest absolute Gasteiger partial charge is 0.313 e. The topological polar surface area (TPSA) is 81.0 Å². The first-order valence-corrected chi connectivity index (χ1v) is 13.3. The molecule has 1 fully saturated rings. The number of likely N-dealkylation sites (tertiary alicyclic amines) is 1. The standard InChI is InChI=1S/C32H39NO4/c1-30(2,29(34)35)25-17-19-28(20-18-25)32(37,33-23-10-5-11-24-33)22-12-21-31(36,26-13-6-3-7-14-26)27-15-8-4-9-16-27/h3-4,6-9,13-20,36-37H,5,10-12,21-24H2,1-2H3,(H,34,35). The highest BCUT2D eigenvalue weighted by Crippen LogP contribution is 2.39. The Bertz CT molecular complexity index is 1110. The minimum atomic E-state index is -1.19. The first-order chi connectivity index (χ1) is 17.7. The van der Waals surface area contributed by atoms with Crippen molar-refractivity contribution in [1.82, 2.24) is 4.90 Å². The van der Waals surface area contributed by atoms with Crippen LogP contribution < -0.4 is 0 Å². The van der Waals surface area contributed by atoms with E-state index < -0.39 is 22.7 Å². The number of benzene rings is 3. The summed E-state index contributed by atoms with van der Waals surface area (Å²) in [6.07, 6.45) is 4.72. The second-order valence-electron chi connectivity index (χ2n) is 10.8. The molecule has 1 heterocycles. The lowest BCUT2D eigenvalue weighted by Crippen LogP contribution is -2.49. The summed E-state index contributed by atoms with van der Waals surface area (Å²) in [6, 6.07) is 26.8. The number of aliphatic hydroxyl groups is 2. The third-order valence-electron chi connectivity index (χ3n) is 8.05. The molecular formula is C32H39NO4. The largest absolute Gasteiger partial charge is 0.481 e. The van der Waals surface area contributed by atoms with Gasteiger partial charge in [-0.2, -0.15) is 0 Å². The van der Waals surface area contributed by atoms with Gasteiger partial charge in [0.15, 0.2) is 0 Å². The van der Waals surface area contributed by atoms with Gasteiger partial charge in [0.25, 0.3) is 0 Å². The van der Waals surface area contributed by atoms with E-state index in [0.29, 0.717) is 24.8 Å². The fourth-order valence-corrected chi connectivity index (χ4v) is 5.50. The van der Waals surface area contributed by atoms with Crippen LogP contribution in [0.1, 0.15) is 74.6 Å². The van der Waals surface area contributed by atoms with Crippen molar-refractivity contribution in [3.63, 3.8) is 0 Å². The molecule has 1 unspecified atom stereocenters. The van der Waals surface area contributed by atoms with Crippen molar-refractivity contribution in [3.05, 3.63) is 107 Å². The molecule has 37 heavy (non-hydrogen) atoms. The van der Waals surface area contributed by atoms with Crippen LogP contribution in [0.4, 0.5) is 0 Å². The van der Waals surface area contributed by atoms with Crippen LogP contribution in [0.25, 0.3) is 0 Å². The number of rotatable bonds is 10. The van der Waals surface area contributed by atoms with Crippen molar-refractivity contribution >= 4 is 5.97 Å². The van der Waals surface area contributed by atoms with Crippen LogP contribution in [0.5, 0.6) is 0 Å². The Hall–Kier alpha value is -2.99. The molecule has 0 aliphatic carbocycles. The maximum atomic E-state index is 12.2. The third kappa shape index (κ3) is 5.64. The Morgan fingerprint density at radius 1 is 0.703 bits per heavy atom. The molecule has 1 saturated heterocycles. The summed E-state index contributed by atoms with van der Waals surface area (Å²) >= 11 is 0. The maximum absolute atomic E-state index is 12.2. The van der Waals surface area contributed by atoms with Crippen LogP contribution in [-0.2, 0) is 21.5 Å². The first kappa shape index (κ1) is 27.1. The molecule has 0 spiro atoms. The molecular weight excluding hydrogens is 462 g/mol. The zero-order valence-electron chi connectivity index (χ0n) is 21.9. The Kier molecular flexibility index (Phi) is 8.17. The van der Waals surface area contributed by atoms with E-state index >= 15 is 0 Å². The van der Waals surface area contributed by atoms with Gasteiger partial charge in [0.1, 0.15) is 11.3 Å². The lowest BCUT2D eigenvalue weighted by molar-refractivity contribution is -0.142. The van der Waals surface area contributed by atoms with E-state index in [1.54, 1.807) is 13.8 Å². The van der Waals surface area contributed by atoms with Crippen LogP contribution in [0, 0.1) is 0 Å². The summed E-state index contributed by atoms with van der Waals surface area (Å²) in [6.45, 7) is 4.99. The average Bonchev–Trinajstić information content (AvgIpc) is 2.94. The fourth-order valence-electron chi connectivity index (χ4n) is 5.50. The summed E-state index contributed by atoms with van der Waals surface area (Å²) in [7, 11) is 0. The maximum Gasteiger partial charge on any atom is 0.313 e. The predicted octanol–water partition coefficient (Wildman–Crippen LogP) is 5.79. The molecule has 196 valence electrons. The van der Waals surface area contributed by atoms with Crippen LogP contribution in [0.2, 0.25) is 0 Å². The zero-order chi connectivity index (χ0) is 26.5. The Morgan fingerprint density at radius 3 is 1.68 bits per heavy atom. The Morgan fingerprint density at radius 2 is 1.19 bits per heavy atom. The molecule has 4 rings (SSSR count). The van der Waals surface area contributed by atoms with Gasteiger partial charge in [-0.1, -0.05) is 91.3 Å². The van der Waals surface area contributed by atoms with Crippen molar-refractivity contribution in [2.75, 3.05) is 13.1 Å². The summed E-state index contributed by atoms with van der Waals surface area (Å²) in [4.78, 5) is 13.9. The number of aliphatic carboxylic acids is 1. The summed E-state index contributed by atoms with van der Waals surface area (Å²) in [5, 5.41) is 33.8. The number of hydrogen-bond acceptors (Lipinski definition) is 4. The van der Waals surface area contributed by atoms with Gasteiger partial charge in [-0.15, -0.1) is 0 Å². The van der Waals surface area contributed by atoms with Gasteiger partial charge in [-0.25, -0.2) is 0 Å². The minimum absolute atomic E-state index is 0.455. The predicted molar refractivity (Wildman–Crippen MR) is 146 cm³/mol. The monoisotopic (exact) mass is 501 g/mol. The molecule has 0 radical (unpaired) electrons. The molecule has 0 aromatic heterocycles. The van der Waals surface area contributed by atoms with Crippen molar-refractivity contribution in [2.24, 2.45) is 0 Å². The zero-order valence-corrected chi connectivity index (χ0v) is 21.9. The van der Waals surface area contributed by atoms with Crippen LogP contribution in [0.3, 0.4) is 0 Å². The van der Waals surface area contributed by atoms with Gasteiger partial charge < -0.3 is 15.3 Å². The normalized spacial score (nSPS) is 16.8. The SMILES string of the molecule is CC(C)(C(=O)O)c1ccc(C(O)(CCCC(O)(c2ccccc2)c2ccccc2)N2CCCCC2)cc1. The van der Waals surface area contributed by atoms with Gasteiger partial charge in [-0.3, -0.25) is 9.69 Å². The van der Waals surface area contributed by atoms with Crippen molar-refractivity contribution in [1.29, 1.82) is 0 Å². The first-order valence-electron chi connectivity index (χ1n) is 13.3. The van der Waals surface area contributed by atoms with Gasteiger partial charge >= 0.3 is 5.97 Å². The summed E-state index contributed by atoms with van der Waals surface area (Å²) in [5.41, 5.74) is -0.231. The molecule has 0 saturated carbocycles. The number of hydrogen-bond donors (Lipinski definition) is 3. The number of piperidine rings is 1. The molecule has 1 aliphatic rings. The average molecular weight is 502 g/mol. The van der Waals surface area contributed by atoms with Crippen LogP contribution in [0.15, 0.2) is 84.9 Å². The molecule has 3 aromatic carbocycles. The lowest BCUT2D eigenvalue weighted by atomic mass is 9.80. The van der Waals surface area contributed by atoms with Gasteiger partial charge in [0.2, 0.25) is 0 Å². The molecule has 3 N–H and O–H groups in total. The van der Waals surface area contributed by atoms with Crippen LogP contribution in [-0.4, -0.2) is 39.3 Å². The molecule has 5 heteroatoms. The quantitative estimate of drug-likeness (QED) is 0.328. The molecule has 3 aromatic rings. The van der Waals surface area contributed by atoms with E-state index in [9.17, 15) is 20.1 Å². The summed E-state index contributed by atoms with van der Waals surface area (Å²) < 4.78 is 0. The van der Waals surface area contributed by atoms with E-state index in [1.165, 1.54) is 0 Å². The van der Waals surface area contributed by atoms with Gasteiger partial charge in [0.05, 0.1) is 5.41 Å². The molecule has 1 atom stereocenters. The van der Waals surface area contributed by atoms with E-state index in [-0.39, 0.29) is 0 Å². The number of carboxylic acids is 1. The second kappa shape index (κ2) is 11.2. The molecule has 5 nitrogen and oxygen atoms in total. The Labute approximate surface area is 220 Å². The summed E-state index contributed by atoms with van der Waals surface area (Å²) in [5.74, 6) is -0.882. The van der Waals surface area contributed by atoms with E-state index in [4.69, 9.17) is 0 Å². The van der Waals surface area contributed by atoms with Crippen molar-refractivity contribution in [3.8, 4) is 0 Å². The highest BCUT2D eigenvalue weighted by molar-refractivity contribution is 5.80. The van der Waals surface area contributed by atoms with E-state index in [1.807, 2.05) is 84.9 Å².